The predicted molar refractivity (Wildman–Crippen MR) is 114 cm³/mol. The third kappa shape index (κ3) is 3.64. The van der Waals surface area contributed by atoms with Crippen LogP contribution in [0.1, 0.15) is 17.7 Å². The lowest BCUT2D eigenvalue weighted by Crippen LogP contribution is -2.21. The number of nitrogens with one attached hydrogen (secondary N) is 1. The van der Waals surface area contributed by atoms with E-state index in [9.17, 15) is 5.11 Å². The molecular formula is C21H24N8O. The summed E-state index contributed by atoms with van der Waals surface area (Å²) in [5.41, 5.74) is 4.07. The fourth-order valence-electron chi connectivity index (χ4n) is 3.87. The summed E-state index contributed by atoms with van der Waals surface area (Å²) >= 11 is 0. The number of anilines is 2. The Morgan fingerprint density at radius 3 is 3.00 bits per heavy atom. The van der Waals surface area contributed by atoms with E-state index in [-0.39, 0.29) is 6.10 Å². The van der Waals surface area contributed by atoms with Gasteiger partial charge in [0.1, 0.15) is 0 Å². The molecule has 1 atom stereocenters. The van der Waals surface area contributed by atoms with Gasteiger partial charge in [0.05, 0.1) is 23.5 Å². The molecule has 4 aromatic rings. The van der Waals surface area contributed by atoms with Crippen LogP contribution in [0.15, 0.2) is 42.9 Å². The Morgan fingerprint density at radius 1 is 1.27 bits per heavy atom. The second-order valence-corrected chi connectivity index (χ2v) is 7.77. The average Bonchev–Trinajstić information content (AvgIpc) is 3.42. The molecule has 9 heteroatoms. The zero-order valence-corrected chi connectivity index (χ0v) is 17.0. The minimum Gasteiger partial charge on any atom is -0.392 e. The molecule has 1 saturated heterocycles. The first-order valence-electron chi connectivity index (χ1n) is 10.0. The third-order valence-electron chi connectivity index (χ3n) is 5.52. The van der Waals surface area contributed by atoms with Crippen LogP contribution in [0.25, 0.3) is 16.7 Å². The molecule has 4 heterocycles. The Balaban J connectivity index is 1.36. The molecule has 0 bridgehead atoms. The lowest BCUT2D eigenvalue weighted by Gasteiger charge is -2.13. The van der Waals surface area contributed by atoms with Crippen LogP contribution in [0, 0.1) is 6.92 Å². The summed E-state index contributed by atoms with van der Waals surface area (Å²) in [5.74, 6) is 1.21. The van der Waals surface area contributed by atoms with Crippen LogP contribution in [0.5, 0.6) is 0 Å². The third-order valence-corrected chi connectivity index (χ3v) is 5.52. The van der Waals surface area contributed by atoms with E-state index in [0.717, 1.165) is 47.4 Å². The van der Waals surface area contributed by atoms with E-state index in [2.05, 4.69) is 30.4 Å². The minimum absolute atomic E-state index is 0.221. The van der Waals surface area contributed by atoms with E-state index < -0.39 is 0 Å². The summed E-state index contributed by atoms with van der Waals surface area (Å²) in [7, 11) is 1.92. The molecule has 1 aliphatic heterocycles. The smallest absolute Gasteiger partial charge is 0.229 e. The highest BCUT2D eigenvalue weighted by atomic mass is 16.3. The fourth-order valence-corrected chi connectivity index (χ4v) is 3.87. The van der Waals surface area contributed by atoms with Gasteiger partial charge in [-0.05, 0) is 31.5 Å². The second-order valence-electron chi connectivity index (χ2n) is 7.77. The number of benzene rings is 1. The Kier molecular flexibility index (Phi) is 4.68. The number of β-amino-alcohol motifs (C(OH)–C–C–N with tert-alkyl or cyclic N) is 1. The summed E-state index contributed by atoms with van der Waals surface area (Å²) in [6.45, 7) is 4.41. The maximum atomic E-state index is 9.75. The molecule has 0 radical (unpaired) electrons. The number of hydrogen-bond acceptors (Lipinski definition) is 7. The highest BCUT2D eigenvalue weighted by molar-refractivity contribution is 5.83. The Morgan fingerprint density at radius 2 is 2.17 bits per heavy atom. The van der Waals surface area contributed by atoms with Crippen LogP contribution in [0.2, 0.25) is 0 Å². The molecule has 0 aliphatic carbocycles. The molecule has 5 rings (SSSR count). The number of aliphatic hydroxyl groups excluding tert-OH is 1. The molecule has 154 valence electrons. The molecule has 0 amide bonds. The molecule has 1 aliphatic rings. The van der Waals surface area contributed by atoms with Gasteiger partial charge in [0, 0.05) is 61.8 Å². The molecule has 0 saturated carbocycles. The largest absolute Gasteiger partial charge is 0.392 e. The molecule has 30 heavy (non-hydrogen) atoms. The van der Waals surface area contributed by atoms with Gasteiger partial charge < -0.3 is 10.4 Å². The van der Waals surface area contributed by atoms with E-state index >= 15 is 0 Å². The van der Waals surface area contributed by atoms with Gasteiger partial charge in [0.2, 0.25) is 5.95 Å². The van der Waals surface area contributed by atoms with E-state index in [1.54, 1.807) is 10.9 Å². The minimum atomic E-state index is -0.221. The van der Waals surface area contributed by atoms with Crippen molar-refractivity contribution in [2.24, 2.45) is 7.05 Å². The number of aryl methyl sites for hydroxylation is 2. The van der Waals surface area contributed by atoms with Gasteiger partial charge in [0.15, 0.2) is 5.82 Å². The summed E-state index contributed by atoms with van der Waals surface area (Å²) < 4.78 is 3.63. The first kappa shape index (κ1) is 18.7. The van der Waals surface area contributed by atoms with Gasteiger partial charge in [-0.15, -0.1) is 0 Å². The van der Waals surface area contributed by atoms with E-state index in [1.807, 2.05) is 55.3 Å². The van der Waals surface area contributed by atoms with E-state index in [0.29, 0.717) is 18.3 Å². The topological polar surface area (TPSA) is 96.9 Å². The molecule has 3 aromatic heterocycles. The molecule has 1 aromatic carbocycles. The Bertz CT molecular complexity index is 1200. The lowest BCUT2D eigenvalue weighted by atomic mass is 10.2. The Labute approximate surface area is 174 Å². The maximum absolute atomic E-state index is 9.75. The van der Waals surface area contributed by atoms with Crippen LogP contribution in [0.4, 0.5) is 11.6 Å². The number of nitrogens with zero attached hydrogens (tertiary/aromatic N) is 7. The SMILES string of the molecule is Cc1nn(-c2ccnc(Nc3ccc4c(cnn4C)c3)n2)cc1CN1CC[C@@H](O)C1. The van der Waals surface area contributed by atoms with Crippen molar-refractivity contribution in [2.45, 2.75) is 26.0 Å². The number of rotatable bonds is 5. The molecule has 9 nitrogen and oxygen atoms in total. The van der Waals surface area contributed by atoms with Gasteiger partial charge in [-0.3, -0.25) is 9.58 Å². The molecule has 0 unspecified atom stereocenters. The van der Waals surface area contributed by atoms with Crippen molar-refractivity contribution in [2.75, 3.05) is 18.4 Å². The van der Waals surface area contributed by atoms with Gasteiger partial charge in [-0.2, -0.15) is 15.2 Å². The van der Waals surface area contributed by atoms with Crippen molar-refractivity contribution >= 4 is 22.5 Å². The van der Waals surface area contributed by atoms with Crippen LogP contribution in [-0.4, -0.2) is 58.7 Å². The highest BCUT2D eigenvalue weighted by Gasteiger charge is 2.21. The Hall–Kier alpha value is -3.30. The van der Waals surface area contributed by atoms with Crippen LogP contribution >= 0.6 is 0 Å². The highest BCUT2D eigenvalue weighted by Crippen LogP contribution is 2.21. The van der Waals surface area contributed by atoms with Crippen LogP contribution in [0.3, 0.4) is 0 Å². The first-order valence-corrected chi connectivity index (χ1v) is 10.0. The van der Waals surface area contributed by atoms with Crippen LogP contribution in [-0.2, 0) is 13.6 Å². The van der Waals surface area contributed by atoms with Crippen molar-refractivity contribution in [1.82, 2.24) is 34.4 Å². The number of fused-ring (bicyclic) bond motifs is 1. The number of hydrogen-bond donors (Lipinski definition) is 2. The van der Waals surface area contributed by atoms with Crippen molar-refractivity contribution in [1.29, 1.82) is 0 Å². The number of likely N-dealkylation sites (tertiary alicyclic amines) is 1. The van der Waals surface area contributed by atoms with E-state index in [4.69, 9.17) is 0 Å². The summed E-state index contributed by atoms with van der Waals surface area (Å²) in [6, 6.07) is 7.87. The normalized spacial score (nSPS) is 17.1. The fraction of sp³-hybridized carbons (Fsp3) is 0.333. The van der Waals surface area contributed by atoms with Crippen molar-refractivity contribution in [3.05, 3.63) is 54.1 Å². The standard InChI is InChI=1S/C21H24N8O/c1-14-16(11-28-8-6-18(30)13-28)12-29(26-14)20-5-7-22-21(25-20)24-17-3-4-19-15(9-17)10-23-27(19)2/h3-5,7,9-10,12,18,30H,6,8,11,13H2,1-2H3,(H,22,24,25)/t18-/m1/s1. The van der Waals surface area contributed by atoms with Crippen molar-refractivity contribution in [3.63, 3.8) is 0 Å². The molecule has 2 N–H and O–H groups in total. The monoisotopic (exact) mass is 404 g/mol. The maximum Gasteiger partial charge on any atom is 0.229 e. The molecular weight excluding hydrogens is 380 g/mol. The van der Waals surface area contributed by atoms with E-state index in [1.165, 1.54) is 0 Å². The quantitative estimate of drug-likeness (QED) is 0.526. The van der Waals surface area contributed by atoms with Gasteiger partial charge in [-0.1, -0.05) is 0 Å². The van der Waals surface area contributed by atoms with Gasteiger partial charge in [0.25, 0.3) is 0 Å². The zero-order valence-electron chi connectivity index (χ0n) is 17.0. The lowest BCUT2D eigenvalue weighted by molar-refractivity contribution is 0.174. The number of aliphatic hydroxyl groups is 1. The zero-order chi connectivity index (χ0) is 20.7. The molecule has 0 spiro atoms. The summed E-state index contributed by atoms with van der Waals surface area (Å²) in [5, 5.41) is 23.0. The number of aromatic nitrogens is 6. The van der Waals surface area contributed by atoms with Gasteiger partial charge in [-0.25, -0.2) is 9.67 Å². The van der Waals surface area contributed by atoms with Crippen molar-refractivity contribution < 1.29 is 5.11 Å². The predicted octanol–water partition coefficient (Wildman–Crippen LogP) is 2.17. The average molecular weight is 404 g/mol. The summed E-state index contributed by atoms with van der Waals surface area (Å²) in [6.07, 6.45) is 6.18. The molecule has 1 fully saturated rings. The van der Waals surface area contributed by atoms with Crippen molar-refractivity contribution in [3.8, 4) is 5.82 Å². The first-order chi connectivity index (χ1) is 14.5. The second kappa shape index (κ2) is 7.51. The summed E-state index contributed by atoms with van der Waals surface area (Å²) in [4.78, 5) is 11.2. The van der Waals surface area contributed by atoms with Crippen LogP contribution < -0.4 is 5.32 Å². The van der Waals surface area contributed by atoms with Gasteiger partial charge >= 0.3 is 0 Å².